The van der Waals surface area contributed by atoms with Crippen molar-refractivity contribution in [3.8, 4) is 5.75 Å². The van der Waals surface area contributed by atoms with Crippen LogP contribution in [0, 0.1) is 0 Å². The molecule has 0 bridgehead atoms. The van der Waals surface area contributed by atoms with Crippen molar-refractivity contribution in [1.82, 2.24) is 15.0 Å². The van der Waals surface area contributed by atoms with Crippen molar-refractivity contribution in [2.45, 2.75) is 14.7 Å². The Labute approximate surface area is 282 Å². The number of aromatic hydroxyl groups is 1. The number of phenolic OH excluding ortho intramolecular Hbond substituents is 1. The van der Waals surface area contributed by atoms with Gasteiger partial charge in [-0.1, -0.05) is 30.3 Å². The van der Waals surface area contributed by atoms with Crippen LogP contribution in [0.2, 0.25) is 5.28 Å². The van der Waals surface area contributed by atoms with Gasteiger partial charge in [0.2, 0.25) is 17.2 Å². The third kappa shape index (κ3) is 7.09. The van der Waals surface area contributed by atoms with E-state index in [0.29, 0.717) is 31.7 Å². The first-order valence-electron chi connectivity index (χ1n) is 13.7. The molecule has 0 aliphatic carbocycles. The molecule has 0 radical (unpaired) electrons. The maximum absolute atomic E-state index is 12.5. The second kappa shape index (κ2) is 12.7. The van der Waals surface area contributed by atoms with Crippen LogP contribution < -0.4 is 10.2 Å². The summed E-state index contributed by atoms with van der Waals surface area (Å²) in [6.45, 7) is 1.56. The highest BCUT2D eigenvalue weighted by atomic mass is 35.5. The fourth-order valence-corrected chi connectivity index (χ4v) is 7.30. The number of hydrogen-bond acceptors (Lipinski definition) is 15. The van der Waals surface area contributed by atoms with Crippen molar-refractivity contribution in [3.05, 3.63) is 59.9 Å². The predicted octanol–water partition coefficient (Wildman–Crippen LogP) is 4.27. The Morgan fingerprint density at radius 3 is 2.20 bits per heavy atom. The maximum atomic E-state index is 12.5. The Morgan fingerprint density at radius 2 is 1.53 bits per heavy atom. The smallest absolute Gasteiger partial charge is 0.297 e. The molecule has 256 valence electrons. The zero-order chi connectivity index (χ0) is 35.3. The van der Waals surface area contributed by atoms with Crippen molar-refractivity contribution in [1.29, 1.82) is 0 Å². The number of rotatable bonds is 8. The molecule has 0 amide bonds. The molecule has 4 aromatic carbocycles. The zero-order valence-electron chi connectivity index (χ0n) is 24.5. The van der Waals surface area contributed by atoms with Crippen LogP contribution in [0.1, 0.15) is 0 Å². The molecule has 1 aliphatic rings. The third-order valence-electron chi connectivity index (χ3n) is 7.21. The van der Waals surface area contributed by atoms with E-state index in [-0.39, 0.29) is 39.0 Å². The molecule has 1 aliphatic heterocycles. The molecule has 5 N–H and O–H groups in total. The van der Waals surface area contributed by atoms with Gasteiger partial charge < -0.3 is 20.1 Å². The molecule has 0 unspecified atom stereocenters. The lowest BCUT2D eigenvalue weighted by Crippen LogP contribution is -2.37. The van der Waals surface area contributed by atoms with Gasteiger partial charge in [-0.05, 0) is 46.6 Å². The Kier molecular flexibility index (Phi) is 8.87. The number of azo groups is 1. The summed E-state index contributed by atoms with van der Waals surface area (Å²) < 4.78 is 109. The Bertz CT molecular complexity index is 2530. The minimum absolute atomic E-state index is 0.0517. The van der Waals surface area contributed by atoms with E-state index in [1.54, 1.807) is 17.0 Å². The molecule has 6 rings (SSSR count). The predicted molar refractivity (Wildman–Crippen MR) is 174 cm³/mol. The number of aromatic nitrogens is 3. The van der Waals surface area contributed by atoms with E-state index >= 15 is 0 Å². The summed E-state index contributed by atoms with van der Waals surface area (Å²) in [6, 6.07) is 11.1. The minimum atomic E-state index is -5.25. The number of anilines is 3. The summed E-state index contributed by atoms with van der Waals surface area (Å²) in [6.07, 6.45) is 0. The monoisotopic (exact) mass is 751 g/mol. The fraction of sp³-hybridized carbons (Fsp3) is 0.148. The fourth-order valence-electron chi connectivity index (χ4n) is 5.11. The van der Waals surface area contributed by atoms with Crippen molar-refractivity contribution in [2.24, 2.45) is 10.2 Å². The lowest BCUT2D eigenvalue weighted by atomic mass is 10.1. The maximum Gasteiger partial charge on any atom is 0.297 e. The number of morpholine rings is 1. The van der Waals surface area contributed by atoms with Crippen LogP contribution >= 0.6 is 11.6 Å². The van der Waals surface area contributed by atoms with E-state index in [1.165, 1.54) is 24.3 Å². The number of nitrogens with one attached hydrogen (secondary N) is 1. The average molecular weight is 752 g/mol. The summed E-state index contributed by atoms with van der Waals surface area (Å²) in [4.78, 5) is 11.6. The quantitative estimate of drug-likeness (QED) is 0.109. The second-order valence-electron chi connectivity index (χ2n) is 10.4. The van der Waals surface area contributed by atoms with Crippen LogP contribution in [0.5, 0.6) is 5.75 Å². The second-order valence-corrected chi connectivity index (χ2v) is 14.9. The van der Waals surface area contributed by atoms with Gasteiger partial charge in [0, 0.05) is 23.9 Å². The van der Waals surface area contributed by atoms with Crippen molar-refractivity contribution < 1.29 is 48.8 Å². The van der Waals surface area contributed by atoms with E-state index in [0.717, 1.165) is 18.2 Å². The first kappa shape index (κ1) is 34.3. The Hall–Kier alpha value is -4.61. The molecular formula is C27H22ClN7O11S3. The van der Waals surface area contributed by atoms with E-state index in [4.69, 9.17) is 16.3 Å². The molecule has 2 heterocycles. The first-order valence-corrected chi connectivity index (χ1v) is 18.4. The standard InChI is InChI=1S/C27H22ClN7O11S3/c28-25-30-26(32-27(31-25)35-7-9-46-10-8-35)29-19-13-16(47(37,38)39)11-15-12-20(48(40,41)42)22(23(36)21(15)19)34-33-18-6-5-14-3-1-2-4-17(14)24(18)49(43,44)45/h1-6,11-13,36H,7-10H2,(H,37,38,39)(H,40,41,42)(H,43,44,45)(H,29,30,31,32). The summed E-state index contributed by atoms with van der Waals surface area (Å²) >= 11 is 6.14. The minimum Gasteiger partial charge on any atom is -0.505 e. The molecule has 0 atom stereocenters. The van der Waals surface area contributed by atoms with Gasteiger partial charge in [-0.25, -0.2) is 0 Å². The SMILES string of the molecule is O=S(=O)(O)c1cc(Nc2nc(Cl)nc(N3CCOCC3)n2)c2c(O)c(N=Nc3ccc4ccccc4c3S(=O)(=O)O)c(S(=O)(=O)O)cc2c1. The third-order valence-corrected chi connectivity index (χ3v) is 10.0. The van der Waals surface area contributed by atoms with Gasteiger partial charge in [0.25, 0.3) is 30.4 Å². The number of phenols is 1. The summed E-state index contributed by atoms with van der Waals surface area (Å²) in [5.74, 6) is -1.13. The van der Waals surface area contributed by atoms with Crippen LogP contribution in [-0.2, 0) is 35.1 Å². The molecule has 18 nitrogen and oxygen atoms in total. The zero-order valence-corrected chi connectivity index (χ0v) is 27.7. The van der Waals surface area contributed by atoms with Crippen molar-refractivity contribution >= 4 is 92.5 Å². The molecule has 49 heavy (non-hydrogen) atoms. The highest BCUT2D eigenvalue weighted by Crippen LogP contribution is 2.46. The molecule has 5 aromatic rings. The normalized spacial score (nSPS) is 14.6. The number of halogens is 1. The van der Waals surface area contributed by atoms with Crippen LogP contribution in [0.15, 0.2) is 79.5 Å². The summed E-state index contributed by atoms with van der Waals surface area (Å²) in [5, 5.41) is 21.3. The van der Waals surface area contributed by atoms with E-state index in [9.17, 15) is 44.0 Å². The Balaban J connectivity index is 1.58. The molecule has 1 saturated heterocycles. The topological polar surface area (TPSA) is 271 Å². The molecule has 1 fully saturated rings. The number of nitrogens with zero attached hydrogens (tertiary/aromatic N) is 6. The highest BCUT2D eigenvalue weighted by molar-refractivity contribution is 7.86. The van der Waals surface area contributed by atoms with Gasteiger partial charge in [-0.3, -0.25) is 13.7 Å². The Morgan fingerprint density at radius 1 is 0.816 bits per heavy atom. The lowest BCUT2D eigenvalue weighted by Gasteiger charge is -2.26. The van der Waals surface area contributed by atoms with Gasteiger partial charge in [0.05, 0.1) is 23.8 Å². The van der Waals surface area contributed by atoms with E-state index < -0.39 is 62.2 Å². The number of hydrogen-bond donors (Lipinski definition) is 5. The molecule has 0 spiro atoms. The van der Waals surface area contributed by atoms with Gasteiger partial charge in [-0.15, -0.1) is 10.2 Å². The molecule has 1 aromatic heterocycles. The first-order chi connectivity index (χ1) is 23.0. The van der Waals surface area contributed by atoms with Crippen LogP contribution in [-0.4, -0.2) is 85.3 Å². The average Bonchev–Trinajstić information content (AvgIpc) is 3.02. The van der Waals surface area contributed by atoms with Crippen molar-refractivity contribution in [3.63, 3.8) is 0 Å². The molecule has 0 saturated carbocycles. The lowest BCUT2D eigenvalue weighted by molar-refractivity contribution is 0.122. The van der Waals surface area contributed by atoms with Crippen LogP contribution in [0.3, 0.4) is 0 Å². The van der Waals surface area contributed by atoms with Gasteiger partial charge in [0.15, 0.2) is 5.75 Å². The van der Waals surface area contributed by atoms with Crippen molar-refractivity contribution in [2.75, 3.05) is 36.5 Å². The van der Waals surface area contributed by atoms with Gasteiger partial charge >= 0.3 is 0 Å². The molecular weight excluding hydrogens is 730 g/mol. The van der Waals surface area contributed by atoms with E-state index in [2.05, 4.69) is 30.5 Å². The summed E-state index contributed by atoms with van der Waals surface area (Å²) in [7, 11) is -15.1. The largest absolute Gasteiger partial charge is 0.505 e. The summed E-state index contributed by atoms with van der Waals surface area (Å²) in [5.41, 5.74) is -1.69. The number of ether oxygens (including phenoxy) is 1. The van der Waals surface area contributed by atoms with Gasteiger partial charge in [0.1, 0.15) is 21.2 Å². The highest BCUT2D eigenvalue weighted by Gasteiger charge is 2.27. The van der Waals surface area contributed by atoms with Crippen LogP contribution in [0.4, 0.5) is 29.0 Å². The van der Waals surface area contributed by atoms with E-state index in [1.807, 2.05) is 0 Å². The molecule has 22 heteroatoms. The van der Waals surface area contributed by atoms with Crippen LogP contribution in [0.25, 0.3) is 21.5 Å². The number of fused-ring (bicyclic) bond motifs is 2. The van der Waals surface area contributed by atoms with Gasteiger partial charge in [-0.2, -0.15) is 40.2 Å². The number of benzene rings is 4.